The van der Waals surface area contributed by atoms with Gasteiger partial charge in [-0.25, -0.2) is 0 Å². The number of aromatic hydroxyl groups is 2. The second kappa shape index (κ2) is 6.25. The van der Waals surface area contributed by atoms with Crippen LogP contribution in [-0.4, -0.2) is 16.8 Å². The summed E-state index contributed by atoms with van der Waals surface area (Å²) in [5.74, 6) is 0.567. The van der Waals surface area contributed by atoms with Gasteiger partial charge in [0.25, 0.3) is 0 Å². The molecule has 1 atom stereocenters. The molecule has 0 heterocycles. The summed E-state index contributed by atoms with van der Waals surface area (Å²) in [4.78, 5) is 0. The van der Waals surface area contributed by atoms with Crippen LogP contribution in [0.15, 0.2) is 48.5 Å². The zero-order valence-electron chi connectivity index (χ0n) is 11.0. The largest absolute Gasteiger partial charge is 0.508 e. The molecule has 0 bridgehead atoms. The highest BCUT2D eigenvalue weighted by atomic mass is 16.3. The molecule has 2 aromatic carbocycles. The third-order valence-corrected chi connectivity index (χ3v) is 3.12. The highest BCUT2D eigenvalue weighted by molar-refractivity contribution is 5.31. The van der Waals surface area contributed by atoms with Gasteiger partial charge in [0.1, 0.15) is 11.5 Å². The number of nitrogens with one attached hydrogen (secondary N) is 1. The van der Waals surface area contributed by atoms with E-state index in [0.29, 0.717) is 0 Å². The van der Waals surface area contributed by atoms with Gasteiger partial charge < -0.3 is 15.5 Å². The Morgan fingerprint density at radius 3 is 1.95 bits per heavy atom. The van der Waals surface area contributed by atoms with Gasteiger partial charge in [-0.15, -0.1) is 0 Å². The third kappa shape index (κ3) is 3.73. The lowest BCUT2D eigenvalue weighted by molar-refractivity contribution is 0.472. The predicted octanol–water partition coefficient (Wildman–Crippen LogP) is 2.99. The fourth-order valence-corrected chi connectivity index (χ4v) is 2.13. The number of hydrogen-bond acceptors (Lipinski definition) is 3. The van der Waals surface area contributed by atoms with Gasteiger partial charge in [-0.1, -0.05) is 31.2 Å². The molecule has 2 rings (SSSR count). The molecule has 0 radical (unpaired) electrons. The summed E-state index contributed by atoms with van der Waals surface area (Å²) in [6.45, 7) is 2.95. The van der Waals surface area contributed by atoms with Gasteiger partial charge in [0, 0.05) is 6.04 Å². The van der Waals surface area contributed by atoms with Crippen molar-refractivity contribution in [3.8, 4) is 11.5 Å². The Hall–Kier alpha value is -2.00. The Bertz CT molecular complexity index is 505. The first-order valence-electron chi connectivity index (χ1n) is 6.49. The maximum absolute atomic E-state index is 9.34. The minimum atomic E-state index is 0.204. The summed E-state index contributed by atoms with van der Waals surface area (Å²) < 4.78 is 0. The van der Waals surface area contributed by atoms with Crippen molar-refractivity contribution < 1.29 is 10.2 Å². The molecule has 0 saturated carbocycles. The molecule has 0 spiro atoms. The molecule has 3 heteroatoms. The summed E-state index contributed by atoms with van der Waals surface area (Å²) >= 11 is 0. The summed E-state index contributed by atoms with van der Waals surface area (Å²) in [5, 5.41) is 22.1. The van der Waals surface area contributed by atoms with Crippen molar-refractivity contribution >= 4 is 0 Å². The first-order chi connectivity index (χ1) is 9.19. The van der Waals surface area contributed by atoms with Gasteiger partial charge in [0.2, 0.25) is 0 Å². The third-order valence-electron chi connectivity index (χ3n) is 3.12. The second-order valence-electron chi connectivity index (χ2n) is 4.57. The number of likely N-dealkylation sites (N-methyl/N-ethyl adjacent to an activating group) is 1. The molecule has 0 amide bonds. The molecule has 0 aliphatic rings. The maximum atomic E-state index is 9.34. The van der Waals surface area contributed by atoms with Crippen molar-refractivity contribution in [3.05, 3.63) is 59.7 Å². The van der Waals surface area contributed by atoms with Crippen molar-refractivity contribution in [2.75, 3.05) is 6.54 Å². The number of phenols is 2. The summed E-state index contributed by atoms with van der Waals surface area (Å²) in [6, 6.07) is 14.7. The van der Waals surface area contributed by atoms with Crippen LogP contribution in [-0.2, 0) is 6.42 Å². The monoisotopic (exact) mass is 257 g/mol. The lowest BCUT2D eigenvalue weighted by atomic mass is 9.98. The van der Waals surface area contributed by atoms with Gasteiger partial charge in [-0.2, -0.15) is 0 Å². The second-order valence-corrected chi connectivity index (χ2v) is 4.57. The van der Waals surface area contributed by atoms with Crippen molar-refractivity contribution in [2.24, 2.45) is 0 Å². The van der Waals surface area contributed by atoms with E-state index in [4.69, 9.17) is 0 Å². The van der Waals surface area contributed by atoms with Crippen LogP contribution in [0.4, 0.5) is 0 Å². The lowest BCUT2D eigenvalue weighted by Gasteiger charge is -2.18. The molecule has 0 aliphatic carbocycles. The smallest absolute Gasteiger partial charge is 0.115 e. The van der Waals surface area contributed by atoms with Gasteiger partial charge >= 0.3 is 0 Å². The molecule has 100 valence electrons. The Labute approximate surface area is 113 Å². The standard InChI is InChI=1S/C16H19NO2/c1-2-17-16(13-5-9-15(19)10-6-13)11-12-3-7-14(18)8-4-12/h3-10,16-19H,2,11H2,1H3. The van der Waals surface area contributed by atoms with E-state index >= 15 is 0 Å². The molecule has 3 nitrogen and oxygen atoms in total. The van der Waals surface area contributed by atoms with E-state index in [2.05, 4.69) is 12.2 Å². The van der Waals surface area contributed by atoms with Crippen LogP contribution < -0.4 is 5.32 Å². The molecule has 1 unspecified atom stereocenters. The number of hydrogen-bond donors (Lipinski definition) is 3. The highest BCUT2D eigenvalue weighted by Gasteiger charge is 2.11. The summed E-state index contributed by atoms with van der Waals surface area (Å²) in [6.07, 6.45) is 0.846. The van der Waals surface area contributed by atoms with E-state index < -0.39 is 0 Å². The minimum absolute atomic E-state index is 0.204. The molecule has 0 saturated heterocycles. The van der Waals surface area contributed by atoms with Crippen molar-refractivity contribution in [2.45, 2.75) is 19.4 Å². The van der Waals surface area contributed by atoms with Crippen LogP contribution in [0.5, 0.6) is 11.5 Å². The zero-order chi connectivity index (χ0) is 13.7. The van der Waals surface area contributed by atoms with Gasteiger partial charge in [0.05, 0.1) is 0 Å². The Morgan fingerprint density at radius 1 is 0.895 bits per heavy atom. The summed E-state index contributed by atoms with van der Waals surface area (Å²) in [7, 11) is 0. The fraction of sp³-hybridized carbons (Fsp3) is 0.250. The van der Waals surface area contributed by atoms with Gasteiger partial charge in [-0.3, -0.25) is 0 Å². The zero-order valence-corrected chi connectivity index (χ0v) is 11.0. The molecule has 2 aromatic rings. The molecule has 3 N–H and O–H groups in total. The number of phenolic OH excluding ortho intramolecular Hbond substituents is 2. The van der Waals surface area contributed by atoms with E-state index in [1.54, 1.807) is 24.3 Å². The van der Waals surface area contributed by atoms with Gasteiger partial charge in [-0.05, 0) is 48.4 Å². The first-order valence-corrected chi connectivity index (χ1v) is 6.49. The van der Waals surface area contributed by atoms with E-state index in [0.717, 1.165) is 24.1 Å². The van der Waals surface area contributed by atoms with Crippen molar-refractivity contribution in [1.82, 2.24) is 5.32 Å². The number of benzene rings is 2. The highest BCUT2D eigenvalue weighted by Crippen LogP contribution is 2.21. The molecule has 0 aliphatic heterocycles. The SMILES string of the molecule is CCNC(Cc1ccc(O)cc1)c1ccc(O)cc1. The van der Waals surface area contributed by atoms with Crippen LogP contribution in [0.3, 0.4) is 0 Å². The fourth-order valence-electron chi connectivity index (χ4n) is 2.13. The van der Waals surface area contributed by atoms with E-state index in [1.165, 1.54) is 0 Å². The molecule has 0 aromatic heterocycles. The molecule has 19 heavy (non-hydrogen) atoms. The lowest BCUT2D eigenvalue weighted by Crippen LogP contribution is -2.22. The first kappa shape index (κ1) is 13.4. The van der Waals surface area contributed by atoms with Crippen LogP contribution in [0.2, 0.25) is 0 Å². The number of rotatable bonds is 5. The van der Waals surface area contributed by atoms with E-state index in [9.17, 15) is 10.2 Å². The molecule has 0 fully saturated rings. The van der Waals surface area contributed by atoms with Crippen LogP contribution in [0.25, 0.3) is 0 Å². The average molecular weight is 257 g/mol. The van der Waals surface area contributed by atoms with E-state index in [1.807, 2.05) is 24.3 Å². The Morgan fingerprint density at radius 2 is 1.42 bits per heavy atom. The minimum Gasteiger partial charge on any atom is -0.508 e. The quantitative estimate of drug-likeness (QED) is 0.771. The van der Waals surface area contributed by atoms with Crippen LogP contribution in [0, 0.1) is 0 Å². The normalized spacial score (nSPS) is 12.3. The average Bonchev–Trinajstić information content (AvgIpc) is 2.42. The molecular weight excluding hydrogens is 238 g/mol. The Balaban J connectivity index is 2.15. The maximum Gasteiger partial charge on any atom is 0.115 e. The predicted molar refractivity (Wildman–Crippen MR) is 76.3 cm³/mol. The Kier molecular flexibility index (Phi) is 4.42. The summed E-state index contributed by atoms with van der Waals surface area (Å²) in [5.41, 5.74) is 2.31. The van der Waals surface area contributed by atoms with E-state index in [-0.39, 0.29) is 17.5 Å². The molecular formula is C16H19NO2. The van der Waals surface area contributed by atoms with Crippen LogP contribution >= 0.6 is 0 Å². The van der Waals surface area contributed by atoms with Crippen LogP contribution in [0.1, 0.15) is 24.1 Å². The van der Waals surface area contributed by atoms with Crippen molar-refractivity contribution in [1.29, 1.82) is 0 Å². The topological polar surface area (TPSA) is 52.5 Å². The van der Waals surface area contributed by atoms with Gasteiger partial charge in [0.15, 0.2) is 0 Å². The van der Waals surface area contributed by atoms with Crippen molar-refractivity contribution in [3.63, 3.8) is 0 Å².